The van der Waals surface area contributed by atoms with Crippen LogP contribution in [0.15, 0.2) is 12.1 Å². The summed E-state index contributed by atoms with van der Waals surface area (Å²) in [7, 11) is -3.21. The molecule has 19 heavy (non-hydrogen) atoms. The fraction of sp³-hybridized carbons (Fsp3) is 0.500. The van der Waals surface area contributed by atoms with Crippen LogP contribution in [-0.2, 0) is 9.84 Å². The van der Waals surface area contributed by atoms with Crippen molar-refractivity contribution < 1.29 is 12.8 Å². The van der Waals surface area contributed by atoms with Gasteiger partial charge in [-0.05, 0) is 37.6 Å². The van der Waals surface area contributed by atoms with E-state index < -0.39 is 26.9 Å². The minimum atomic E-state index is -3.21. The fourth-order valence-electron chi connectivity index (χ4n) is 2.10. The van der Waals surface area contributed by atoms with Gasteiger partial charge in [-0.3, -0.25) is 0 Å². The van der Waals surface area contributed by atoms with E-state index in [4.69, 9.17) is 23.2 Å². The summed E-state index contributed by atoms with van der Waals surface area (Å²) < 4.78 is 37.6. The molecular formula is C12H14Cl2FNO2S. The molecule has 3 nitrogen and oxygen atoms in total. The van der Waals surface area contributed by atoms with Crippen LogP contribution in [0.1, 0.15) is 24.9 Å². The van der Waals surface area contributed by atoms with Crippen LogP contribution in [0.5, 0.6) is 0 Å². The number of rotatable bonds is 1. The normalized spacial score (nSPS) is 26.9. The molecule has 1 N–H and O–H groups in total. The van der Waals surface area contributed by atoms with Crippen LogP contribution in [0, 0.1) is 5.82 Å². The van der Waals surface area contributed by atoms with E-state index in [1.807, 2.05) is 0 Å². The Balaban J connectivity index is 2.39. The molecular weight excluding hydrogens is 312 g/mol. The zero-order valence-corrected chi connectivity index (χ0v) is 12.6. The molecule has 0 aromatic heterocycles. The topological polar surface area (TPSA) is 46.2 Å². The first-order valence-electron chi connectivity index (χ1n) is 5.90. The van der Waals surface area contributed by atoms with Crippen molar-refractivity contribution in [2.75, 3.05) is 12.3 Å². The van der Waals surface area contributed by atoms with E-state index in [0.717, 1.165) is 0 Å². The molecule has 1 fully saturated rings. The van der Waals surface area contributed by atoms with Crippen LogP contribution >= 0.6 is 23.2 Å². The van der Waals surface area contributed by atoms with Gasteiger partial charge in [-0.15, -0.1) is 0 Å². The summed E-state index contributed by atoms with van der Waals surface area (Å²) in [5.74, 6) is -0.688. The van der Waals surface area contributed by atoms with Gasteiger partial charge in [0.15, 0.2) is 9.84 Å². The van der Waals surface area contributed by atoms with Crippen molar-refractivity contribution >= 4 is 33.0 Å². The molecule has 0 bridgehead atoms. The number of hydrogen-bond donors (Lipinski definition) is 1. The van der Waals surface area contributed by atoms with Gasteiger partial charge in [-0.2, -0.15) is 0 Å². The highest BCUT2D eigenvalue weighted by Gasteiger charge is 2.30. The maximum Gasteiger partial charge on any atom is 0.154 e. The largest absolute Gasteiger partial charge is 0.309 e. The first-order chi connectivity index (χ1) is 8.81. The molecule has 1 heterocycles. The number of sulfone groups is 1. The lowest BCUT2D eigenvalue weighted by Gasteiger charge is -2.18. The Morgan fingerprint density at radius 3 is 2.68 bits per heavy atom. The van der Waals surface area contributed by atoms with E-state index in [1.165, 1.54) is 12.1 Å². The molecule has 0 spiro atoms. The van der Waals surface area contributed by atoms with Crippen molar-refractivity contribution in [3.05, 3.63) is 33.6 Å². The molecule has 1 aliphatic rings. The average molecular weight is 326 g/mol. The number of halogens is 3. The van der Waals surface area contributed by atoms with Crippen LogP contribution in [0.3, 0.4) is 0 Å². The van der Waals surface area contributed by atoms with Gasteiger partial charge in [0.05, 0.1) is 16.0 Å². The lowest BCUT2D eigenvalue weighted by molar-refractivity contribution is 0.565. The van der Waals surface area contributed by atoms with Gasteiger partial charge < -0.3 is 5.32 Å². The van der Waals surface area contributed by atoms with Crippen molar-refractivity contribution in [1.29, 1.82) is 0 Å². The van der Waals surface area contributed by atoms with Gasteiger partial charge >= 0.3 is 0 Å². The van der Waals surface area contributed by atoms with Gasteiger partial charge in [0.25, 0.3) is 0 Å². The standard InChI is InChI=1S/C12H14Cl2FNO2S/c1-7-2-3-16-12(6-19(7,17)18)8-4-11(15)10(14)5-9(8)13/h4-5,7,12,16H,2-3,6H2,1H3. The zero-order valence-electron chi connectivity index (χ0n) is 10.3. The number of nitrogens with one attached hydrogen (secondary N) is 1. The molecule has 0 aliphatic carbocycles. The van der Waals surface area contributed by atoms with Gasteiger partial charge in [0.2, 0.25) is 0 Å². The van der Waals surface area contributed by atoms with E-state index in [1.54, 1.807) is 6.92 Å². The second kappa shape index (κ2) is 5.56. The molecule has 2 atom stereocenters. The maximum absolute atomic E-state index is 13.5. The molecule has 2 rings (SSSR count). The van der Waals surface area contributed by atoms with E-state index >= 15 is 0 Å². The highest BCUT2D eigenvalue weighted by atomic mass is 35.5. The molecule has 0 amide bonds. The van der Waals surface area contributed by atoms with Crippen LogP contribution in [0.4, 0.5) is 4.39 Å². The Kier molecular flexibility index (Phi) is 4.40. The molecule has 0 saturated carbocycles. The predicted molar refractivity (Wildman–Crippen MR) is 75.0 cm³/mol. The first kappa shape index (κ1) is 15.0. The van der Waals surface area contributed by atoms with E-state index in [0.29, 0.717) is 18.5 Å². The average Bonchev–Trinajstić information content (AvgIpc) is 2.44. The van der Waals surface area contributed by atoms with Crippen LogP contribution < -0.4 is 5.32 Å². The van der Waals surface area contributed by atoms with Gasteiger partial charge in [0.1, 0.15) is 5.82 Å². The third-order valence-electron chi connectivity index (χ3n) is 3.37. The Morgan fingerprint density at radius 1 is 1.32 bits per heavy atom. The second-order valence-electron chi connectivity index (χ2n) is 4.72. The third kappa shape index (κ3) is 3.21. The molecule has 106 valence electrons. The Bertz CT molecular complexity index is 592. The minimum absolute atomic E-state index is 0.0707. The minimum Gasteiger partial charge on any atom is -0.309 e. The number of benzene rings is 1. The van der Waals surface area contributed by atoms with Crippen molar-refractivity contribution in [1.82, 2.24) is 5.32 Å². The second-order valence-corrected chi connectivity index (χ2v) is 8.00. The van der Waals surface area contributed by atoms with Crippen molar-refractivity contribution in [3.8, 4) is 0 Å². The van der Waals surface area contributed by atoms with Gasteiger partial charge in [-0.25, -0.2) is 12.8 Å². The zero-order chi connectivity index (χ0) is 14.2. The molecule has 2 unspecified atom stereocenters. The Morgan fingerprint density at radius 2 is 2.00 bits per heavy atom. The predicted octanol–water partition coefficient (Wildman–Crippen LogP) is 2.97. The van der Waals surface area contributed by atoms with E-state index in [2.05, 4.69) is 5.32 Å². The summed E-state index contributed by atoms with van der Waals surface area (Å²) in [5.41, 5.74) is 0.432. The quantitative estimate of drug-likeness (QED) is 0.807. The molecule has 1 saturated heterocycles. The highest BCUT2D eigenvalue weighted by molar-refractivity contribution is 7.92. The van der Waals surface area contributed by atoms with Crippen molar-refractivity contribution in [2.45, 2.75) is 24.6 Å². The molecule has 1 aliphatic heterocycles. The van der Waals surface area contributed by atoms with Gasteiger partial charge in [-0.1, -0.05) is 23.2 Å². The summed E-state index contributed by atoms with van der Waals surface area (Å²) in [6, 6.07) is 2.00. The summed E-state index contributed by atoms with van der Waals surface area (Å²) in [6.45, 7) is 2.23. The summed E-state index contributed by atoms with van der Waals surface area (Å²) >= 11 is 11.7. The number of hydrogen-bond acceptors (Lipinski definition) is 3. The van der Waals surface area contributed by atoms with E-state index in [-0.39, 0.29) is 15.8 Å². The molecule has 1 aromatic carbocycles. The first-order valence-corrected chi connectivity index (χ1v) is 8.38. The van der Waals surface area contributed by atoms with Crippen molar-refractivity contribution in [2.24, 2.45) is 0 Å². The summed E-state index contributed by atoms with van der Waals surface area (Å²) in [4.78, 5) is 0. The fourth-order valence-corrected chi connectivity index (χ4v) is 4.18. The molecule has 0 radical (unpaired) electrons. The SMILES string of the molecule is CC1CCNC(c2cc(F)c(Cl)cc2Cl)CS1(=O)=O. The van der Waals surface area contributed by atoms with Gasteiger partial charge in [0, 0.05) is 11.1 Å². The molecule has 1 aromatic rings. The lowest BCUT2D eigenvalue weighted by Crippen LogP contribution is -2.26. The summed E-state index contributed by atoms with van der Waals surface area (Å²) in [5, 5.41) is 2.90. The Hall–Kier alpha value is -0.360. The van der Waals surface area contributed by atoms with Crippen molar-refractivity contribution in [3.63, 3.8) is 0 Å². The summed E-state index contributed by atoms with van der Waals surface area (Å²) in [6.07, 6.45) is 0.534. The third-order valence-corrected chi connectivity index (χ3v) is 6.25. The maximum atomic E-state index is 13.5. The highest BCUT2D eigenvalue weighted by Crippen LogP contribution is 2.31. The van der Waals surface area contributed by atoms with Crippen LogP contribution in [-0.4, -0.2) is 26.0 Å². The van der Waals surface area contributed by atoms with Crippen LogP contribution in [0.25, 0.3) is 0 Å². The Labute approximate surface area is 122 Å². The lowest BCUT2D eigenvalue weighted by atomic mass is 10.1. The van der Waals surface area contributed by atoms with E-state index in [9.17, 15) is 12.8 Å². The molecule has 7 heteroatoms. The smallest absolute Gasteiger partial charge is 0.154 e. The monoisotopic (exact) mass is 325 g/mol. The van der Waals surface area contributed by atoms with Crippen LogP contribution in [0.2, 0.25) is 10.0 Å².